The quantitative estimate of drug-likeness (QED) is 0.681. The van der Waals surface area contributed by atoms with Gasteiger partial charge in [-0.25, -0.2) is 4.68 Å². The summed E-state index contributed by atoms with van der Waals surface area (Å²) in [7, 11) is 0. The van der Waals surface area contributed by atoms with Crippen LogP contribution in [0.5, 0.6) is 0 Å². The second-order valence-corrected chi connectivity index (χ2v) is 4.83. The van der Waals surface area contributed by atoms with Crippen molar-refractivity contribution in [2.24, 2.45) is 0 Å². The summed E-state index contributed by atoms with van der Waals surface area (Å²) in [6.07, 6.45) is 4.37. The molecule has 0 radical (unpaired) electrons. The van der Waals surface area contributed by atoms with Gasteiger partial charge in [0.25, 0.3) is 5.91 Å². The molecule has 0 saturated carbocycles. The van der Waals surface area contributed by atoms with Crippen molar-refractivity contribution in [3.8, 4) is 0 Å². The highest BCUT2D eigenvalue weighted by atomic mass is 16.3. The lowest BCUT2D eigenvalue weighted by Crippen LogP contribution is -2.37. The van der Waals surface area contributed by atoms with Crippen molar-refractivity contribution in [2.45, 2.75) is 38.3 Å². The number of carbonyl (C=O) groups excluding carboxylic acids is 1. The minimum Gasteiger partial charge on any atom is -0.394 e. The Bertz CT molecular complexity index is 410. The molecular formula is C12H21N5O2. The Morgan fingerprint density at radius 2 is 2.37 bits per heavy atom. The number of carbonyl (C=O) groups is 1. The van der Waals surface area contributed by atoms with Crippen LogP contribution >= 0.6 is 0 Å². The van der Waals surface area contributed by atoms with E-state index >= 15 is 0 Å². The van der Waals surface area contributed by atoms with Crippen molar-refractivity contribution in [1.29, 1.82) is 0 Å². The summed E-state index contributed by atoms with van der Waals surface area (Å²) in [6, 6.07) is 0.0895. The van der Waals surface area contributed by atoms with E-state index in [2.05, 4.69) is 20.9 Å². The van der Waals surface area contributed by atoms with E-state index in [1.165, 1.54) is 0 Å². The maximum atomic E-state index is 11.9. The first kappa shape index (κ1) is 14.0. The van der Waals surface area contributed by atoms with Crippen LogP contribution in [-0.4, -0.2) is 51.7 Å². The molecule has 2 heterocycles. The van der Waals surface area contributed by atoms with Gasteiger partial charge in [-0.15, -0.1) is 5.10 Å². The highest BCUT2D eigenvalue weighted by Gasteiger charge is 2.19. The molecule has 0 unspecified atom stereocenters. The van der Waals surface area contributed by atoms with Crippen LogP contribution in [0.4, 0.5) is 0 Å². The summed E-state index contributed by atoms with van der Waals surface area (Å²) in [5, 5.41) is 23.0. The number of hydrogen-bond donors (Lipinski definition) is 3. The molecule has 1 atom stereocenters. The summed E-state index contributed by atoms with van der Waals surface area (Å²) >= 11 is 0. The van der Waals surface area contributed by atoms with Crippen LogP contribution in [0.25, 0.3) is 0 Å². The monoisotopic (exact) mass is 267 g/mol. The van der Waals surface area contributed by atoms with Crippen molar-refractivity contribution >= 4 is 5.91 Å². The number of nitrogens with zero attached hydrogens (tertiary/aromatic N) is 3. The zero-order valence-corrected chi connectivity index (χ0v) is 11.2. The van der Waals surface area contributed by atoms with Crippen molar-refractivity contribution < 1.29 is 9.90 Å². The van der Waals surface area contributed by atoms with Crippen LogP contribution in [0.1, 0.15) is 42.7 Å². The molecule has 1 aromatic heterocycles. The van der Waals surface area contributed by atoms with Gasteiger partial charge in [-0.2, -0.15) is 0 Å². The minimum atomic E-state index is -0.277. The van der Waals surface area contributed by atoms with Gasteiger partial charge in [-0.3, -0.25) is 4.79 Å². The van der Waals surface area contributed by atoms with E-state index in [1.807, 2.05) is 6.92 Å². The number of amides is 1. The Kier molecular flexibility index (Phi) is 4.86. The van der Waals surface area contributed by atoms with E-state index < -0.39 is 0 Å². The normalized spacial score (nSPS) is 18.2. The molecule has 3 N–H and O–H groups in total. The Hall–Kier alpha value is -1.47. The second-order valence-electron chi connectivity index (χ2n) is 4.83. The molecule has 7 nitrogen and oxygen atoms in total. The number of aliphatic hydroxyl groups excluding tert-OH is 1. The molecule has 1 aliphatic heterocycles. The Morgan fingerprint density at radius 1 is 1.63 bits per heavy atom. The molecule has 19 heavy (non-hydrogen) atoms. The maximum absolute atomic E-state index is 11.9. The summed E-state index contributed by atoms with van der Waals surface area (Å²) in [4.78, 5) is 11.9. The third kappa shape index (κ3) is 3.51. The first-order chi connectivity index (χ1) is 9.24. The third-order valence-corrected chi connectivity index (χ3v) is 3.47. The van der Waals surface area contributed by atoms with Crippen molar-refractivity contribution in [3.05, 3.63) is 11.9 Å². The van der Waals surface area contributed by atoms with Gasteiger partial charge in [0.05, 0.1) is 24.9 Å². The first-order valence-corrected chi connectivity index (χ1v) is 6.78. The predicted octanol–water partition coefficient (Wildman–Crippen LogP) is -0.297. The summed E-state index contributed by atoms with van der Waals surface area (Å²) < 4.78 is 1.77. The predicted molar refractivity (Wildman–Crippen MR) is 69.8 cm³/mol. The number of piperidine rings is 1. The summed E-state index contributed by atoms with van der Waals surface area (Å²) in [6.45, 7) is 3.78. The van der Waals surface area contributed by atoms with E-state index in [4.69, 9.17) is 5.11 Å². The fourth-order valence-electron chi connectivity index (χ4n) is 2.17. The molecule has 1 aliphatic rings. The topological polar surface area (TPSA) is 92.1 Å². The lowest BCUT2D eigenvalue weighted by atomic mass is 10.1. The van der Waals surface area contributed by atoms with Crippen LogP contribution in [0, 0.1) is 0 Å². The van der Waals surface area contributed by atoms with Crippen LogP contribution in [0.3, 0.4) is 0 Å². The van der Waals surface area contributed by atoms with Gasteiger partial charge in [0.15, 0.2) is 5.69 Å². The van der Waals surface area contributed by atoms with Crippen molar-refractivity contribution in [3.63, 3.8) is 0 Å². The molecule has 0 aromatic carbocycles. The minimum absolute atomic E-state index is 0.0648. The molecule has 1 amide bonds. The van der Waals surface area contributed by atoms with Crippen LogP contribution in [0.15, 0.2) is 6.20 Å². The zero-order chi connectivity index (χ0) is 13.7. The van der Waals surface area contributed by atoms with Gasteiger partial charge in [0, 0.05) is 0 Å². The number of aliphatic hydroxyl groups is 1. The van der Waals surface area contributed by atoms with Gasteiger partial charge in [0.2, 0.25) is 0 Å². The second kappa shape index (κ2) is 6.63. The smallest absolute Gasteiger partial charge is 0.273 e. The molecule has 7 heteroatoms. The SMILES string of the molecule is CC[C@@H](CO)NC(=O)c1cn(C2CCNCC2)nn1. The Morgan fingerprint density at radius 3 is 3.00 bits per heavy atom. The standard InChI is InChI=1S/C12H21N5O2/c1-2-9(8-18)14-12(19)11-7-17(16-15-11)10-3-5-13-6-4-10/h7,9-10,13,18H,2-6,8H2,1H3,(H,14,19)/t9-/m0/s1. The van der Waals surface area contributed by atoms with Crippen molar-refractivity contribution in [2.75, 3.05) is 19.7 Å². The molecule has 1 fully saturated rings. The fourth-order valence-corrected chi connectivity index (χ4v) is 2.17. The summed E-state index contributed by atoms with van der Waals surface area (Å²) in [5.41, 5.74) is 0.311. The Balaban J connectivity index is 1.97. The number of rotatable bonds is 5. The molecule has 1 saturated heterocycles. The van der Waals surface area contributed by atoms with E-state index in [-0.39, 0.29) is 18.6 Å². The first-order valence-electron chi connectivity index (χ1n) is 6.78. The van der Waals surface area contributed by atoms with Gasteiger partial charge >= 0.3 is 0 Å². The van der Waals surface area contributed by atoms with Gasteiger partial charge < -0.3 is 15.7 Å². The average molecular weight is 267 g/mol. The number of nitrogens with one attached hydrogen (secondary N) is 2. The van der Waals surface area contributed by atoms with Crippen molar-refractivity contribution in [1.82, 2.24) is 25.6 Å². The van der Waals surface area contributed by atoms with Gasteiger partial charge in [-0.1, -0.05) is 12.1 Å². The molecule has 1 aromatic rings. The average Bonchev–Trinajstić information content (AvgIpc) is 2.95. The van der Waals surface area contributed by atoms with E-state index in [9.17, 15) is 4.79 Å². The summed E-state index contributed by atoms with van der Waals surface area (Å²) in [5.74, 6) is -0.277. The van der Waals surface area contributed by atoms with Crippen LogP contribution in [0.2, 0.25) is 0 Å². The van der Waals surface area contributed by atoms with E-state index in [1.54, 1.807) is 10.9 Å². The van der Waals surface area contributed by atoms with E-state index in [0.717, 1.165) is 25.9 Å². The highest BCUT2D eigenvalue weighted by Crippen LogP contribution is 2.16. The molecule has 0 aliphatic carbocycles. The zero-order valence-electron chi connectivity index (χ0n) is 11.2. The third-order valence-electron chi connectivity index (χ3n) is 3.47. The number of hydrogen-bond acceptors (Lipinski definition) is 5. The van der Waals surface area contributed by atoms with Crippen LogP contribution in [-0.2, 0) is 0 Å². The molecular weight excluding hydrogens is 246 g/mol. The number of aromatic nitrogens is 3. The lowest BCUT2D eigenvalue weighted by molar-refractivity contribution is 0.0909. The maximum Gasteiger partial charge on any atom is 0.273 e. The fraction of sp³-hybridized carbons (Fsp3) is 0.750. The van der Waals surface area contributed by atoms with Gasteiger partial charge in [0.1, 0.15) is 0 Å². The molecule has 106 valence electrons. The lowest BCUT2D eigenvalue weighted by Gasteiger charge is -2.22. The molecule has 0 spiro atoms. The van der Waals surface area contributed by atoms with Crippen LogP contribution < -0.4 is 10.6 Å². The largest absolute Gasteiger partial charge is 0.394 e. The van der Waals surface area contributed by atoms with Gasteiger partial charge in [-0.05, 0) is 32.4 Å². The molecule has 2 rings (SSSR count). The Labute approximate surface area is 112 Å². The molecule has 0 bridgehead atoms. The highest BCUT2D eigenvalue weighted by molar-refractivity contribution is 5.92. The van der Waals surface area contributed by atoms with E-state index in [0.29, 0.717) is 18.2 Å².